The highest BCUT2D eigenvalue weighted by Crippen LogP contribution is 2.27. The normalized spacial score (nSPS) is 15.1. The molecule has 0 bridgehead atoms. The standard InChI is InChI=1S/C10H10Br2F2/c11-9(5-13)7-1-2-8(4-3-7)10(12)6-14/h1-4,9-10H,5-6H2. The van der Waals surface area contributed by atoms with Crippen LogP contribution >= 0.6 is 31.9 Å². The van der Waals surface area contributed by atoms with Crippen LogP contribution < -0.4 is 0 Å². The maximum Gasteiger partial charge on any atom is 0.106 e. The minimum absolute atomic E-state index is 0.268. The van der Waals surface area contributed by atoms with Crippen LogP contribution in [0.3, 0.4) is 0 Å². The second kappa shape index (κ2) is 5.81. The highest BCUT2D eigenvalue weighted by atomic mass is 79.9. The fourth-order valence-corrected chi connectivity index (χ4v) is 1.70. The molecule has 4 heteroatoms. The molecule has 78 valence electrons. The molecule has 14 heavy (non-hydrogen) atoms. The van der Waals surface area contributed by atoms with Gasteiger partial charge in [-0.05, 0) is 11.1 Å². The van der Waals surface area contributed by atoms with E-state index in [1.807, 2.05) is 0 Å². The predicted molar refractivity (Wildman–Crippen MR) is 61.7 cm³/mol. The van der Waals surface area contributed by atoms with Crippen molar-refractivity contribution in [1.82, 2.24) is 0 Å². The third-order valence-corrected chi connectivity index (χ3v) is 3.48. The van der Waals surface area contributed by atoms with Gasteiger partial charge in [-0.1, -0.05) is 56.1 Å². The van der Waals surface area contributed by atoms with Crippen molar-refractivity contribution in [2.45, 2.75) is 9.65 Å². The summed E-state index contributed by atoms with van der Waals surface area (Å²) in [5, 5.41) is 0. The van der Waals surface area contributed by atoms with Gasteiger partial charge in [0.25, 0.3) is 0 Å². The van der Waals surface area contributed by atoms with Gasteiger partial charge in [-0.3, -0.25) is 0 Å². The first-order valence-corrected chi connectivity index (χ1v) is 6.02. The molecule has 0 aliphatic carbocycles. The summed E-state index contributed by atoms with van der Waals surface area (Å²) >= 11 is 6.41. The van der Waals surface area contributed by atoms with Crippen LogP contribution in [-0.4, -0.2) is 13.3 Å². The molecule has 0 saturated carbocycles. The largest absolute Gasteiger partial charge is 0.250 e. The van der Waals surface area contributed by atoms with Crippen LogP contribution in [0.4, 0.5) is 8.78 Å². The maximum atomic E-state index is 12.3. The van der Waals surface area contributed by atoms with Gasteiger partial charge in [0.15, 0.2) is 0 Å². The summed E-state index contributed by atoms with van der Waals surface area (Å²) in [7, 11) is 0. The van der Waals surface area contributed by atoms with Gasteiger partial charge in [-0.2, -0.15) is 0 Å². The lowest BCUT2D eigenvalue weighted by atomic mass is 10.1. The molecule has 0 aliphatic heterocycles. The molecular formula is C10H10Br2F2. The third-order valence-electron chi connectivity index (χ3n) is 1.93. The molecule has 0 N–H and O–H groups in total. The van der Waals surface area contributed by atoms with Gasteiger partial charge in [0.1, 0.15) is 13.3 Å². The zero-order chi connectivity index (χ0) is 10.6. The van der Waals surface area contributed by atoms with E-state index in [0.29, 0.717) is 0 Å². The van der Waals surface area contributed by atoms with Gasteiger partial charge in [0.05, 0.1) is 9.65 Å². The lowest BCUT2D eigenvalue weighted by molar-refractivity contribution is 0.490. The summed E-state index contributed by atoms with van der Waals surface area (Å²) in [5.41, 5.74) is 1.74. The Balaban J connectivity index is 2.78. The Morgan fingerprint density at radius 2 is 1.14 bits per heavy atom. The summed E-state index contributed by atoms with van der Waals surface area (Å²) in [6, 6.07) is 7.22. The highest BCUT2D eigenvalue weighted by molar-refractivity contribution is 9.09. The van der Waals surface area contributed by atoms with Crippen molar-refractivity contribution in [3.8, 4) is 0 Å². The quantitative estimate of drug-likeness (QED) is 0.714. The first-order chi connectivity index (χ1) is 6.69. The van der Waals surface area contributed by atoms with Crippen molar-refractivity contribution in [3.05, 3.63) is 35.4 Å². The van der Waals surface area contributed by atoms with Crippen molar-refractivity contribution in [3.63, 3.8) is 0 Å². The van der Waals surface area contributed by atoms with Gasteiger partial charge in [-0.25, -0.2) is 8.78 Å². The van der Waals surface area contributed by atoms with E-state index in [0.717, 1.165) is 11.1 Å². The molecular weight excluding hydrogens is 318 g/mol. The molecule has 2 atom stereocenters. The molecule has 0 fully saturated rings. The van der Waals surface area contributed by atoms with Crippen LogP contribution in [0.1, 0.15) is 20.8 Å². The van der Waals surface area contributed by atoms with Crippen molar-refractivity contribution in [2.24, 2.45) is 0 Å². The number of benzene rings is 1. The molecule has 0 nitrogen and oxygen atoms in total. The van der Waals surface area contributed by atoms with Crippen LogP contribution in [0.2, 0.25) is 0 Å². The maximum absolute atomic E-state index is 12.3. The Morgan fingerprint density at radius 1 is 0.857 bits per heavy atom. The third kappa shape index (κ3) is 3.02. The molecule has 1 rings (SSSR count). The van der Waals surface area contributed by atoms with Crippen molar-refractivity contribution in [1.29, 1.82) is 0 Å². The van der Waals surface area contributed by atoms with Crippen LogP contribution in [0.25, 0.3) is 0 Å². The van der Waals surface area contributed by atoms with Crippen molar-refractivity contribution < 1.29 is 8.78 Å². The molecule has 1 aromatic carbocycles. The SMILES string of the molecule is FCC(Br)c1ccc(C(Br)CF)cc1. The van der Waals surface area contributed by atoms with E-state index < -0.39 is 13.3 Å². The molecule has 0 aliphatic rings. The number of halogens is 4. The van der Waals surface area contributed by atoms with Gasteiger partial charge in [0.2, 0.25) is 0 Å². The molecule has 2 unspecified atom stereocenters. The van der Waals surface area contributed by atoms with Crippen molar-refractivity contribution in [2.75, 3.05) is 13.3 Å². The summed E-state index contributed by atoms with van der Waals surface area (Å²) in [5.74, 6) is 0. The predicted octanol–water partition coefficient (Wildman–Crippen LogP) is 4.50. The van der Waals surface area contributed by atoms with Gasteiger partial charge >= 0.3 is 0 Å². The fraction of sp³-hybridized carbons (Fsp3) is 0.400. The zero-order valence-electron chi connectivity index (χ0n) is 7.39. The molecule has 0 saturated heterocycles. The molecule has 0 radical (unpaired) electrons. The van der Waals surface area contributed by atoms with E-state index in [1.165, 1.54) is 0 Å². The molecule has 1 aromatic rings. The molecule has 0 aromatic heterocycles. The Morgan fingerprint density at radius 3 is 1.36 bits per heavy atom. The van der Waals surface area contributed by atoms with Crippen LogP contribution in [0, 0.1) is 0 Å². The second-order valence-corrected chi connectivity index (χ2v) is 5.12. The minimum atomic E-state index is -0.444. The second-order valence-electron chi connectivity index (χ2n) is 2.91. The first-order valence-electron chi connectivity index (χ1n) is 4.19. The van der Waals surface area contributed by atoms with Gasteiger partial charge in [0, 0.05) is 0 Å². The minimum Gasteiger partial charge on any atom is -0.250 e. The monoisotopic (exact) mass is 326 g/mol. The van der Waals surface area contributed by atoms with Gasteiger partial charge in [-0.15, -0.1) is 0 Å². The van der Waals surface area contributed by atoms with Gasteiger partial charge < -0.3 is 0 Å². The van der Waals surface area contributed by atoms with Crippen molar-refractivity contribution >= 4 is 31.9 Å². The highest BCUT2D eigenvalue weighted by Gasteiger charge is 2.09. The average molecular weight is 328 g/mol. The molecule has 0 spiro atoms. The number of hydrogen-bond acceptors (Lipinski definition) is 0. The lowest BCUT2D eigenvalue weighted by Crippen LogP contribution is -1.95. The zero-order valence-corrected chi connectivity index (χ0v) is 10.6. The van der Waals surface area contributed by atoms with E-state index in [1.54, 1.807) is 24.3 Å². The van der Waals surface area contributed by atoms with E-state index in [4.69, 9.17) is 0 Å². The Bertz CT molecular complexity index is 245. The van der Waals surface area contributed by atoms with E-state index in [2.05, 4.69) is 31.9 Å². The Labute approximate surface area is 99.0 Å². The number of hydrogen-bond donors (Lipinski definition) is 0. The average Bonchev–Trinajstić information content (AvgIpc) is 2.27. The first kappa shape index (κ1) is 12.1. The fourth-order valence-electron chi connectivity index (χ4n) is 1.09. The summed E-state index contributed by atoms with van der Waals surface area (Å²) < 4.78 is 24.6. The van der Waals surface area contributed by atoms with Crippen LogP contribution in [-0.2, 0) is 0 Å². The van der Waals surface area contributed by atoms with E-state index in [-0.39, 0.29) is 9.65 Å². The smallest absolute Gasteiger partial charge is 0.106 e. The lowest BCUT2D eigenvalue weighted by Gasteiger charge is -2.08. The van der Waals surface area contributed by atoms with E-state index in [9.17, 15) is 8.78 Å². The number of rotatable bonds is 4. The Hall–Kier alpha value is 0.0400. The number of alkyl halides is 4. The molecule has 0 heterocycles. The Kier molecular flexibility index (Phi) is 5.02. The summed E-state index contributed by atoms with van der Waals surface area (Å²) in [6.45, 7) is -0.888. The topological polar surface area (TPSA) is 0 Å². The van der Waals surface area contributed by atoms with E-state index >= 15 is 0 Å². The summed E-state index contributed by atoms with van der Waals surface area (Å²) in [4.78, 5) is -0.536. The molecule has 0 amide bonds. The van der Waals surface area contributed by atoms with Crippen LogP contribution in [0.15, 0.2) is 24.3 Å². The van der Waals surface area contributed by atoms with Crippen LogP contribution in [0.5, 0.6) is 0 Å². The summed E-state index contributed by atoms with van der Waals surface area (Å²) in [6.07, 6.45) is 0.